The van der Waals surface area contributed by atoms with E-state index in [0.717, 1.165) is 0 Å². The van der Waals surface area contributed by atoms with Crippen LogP contribution in [0.4, 0.5) is 0 Å². The van der Waals surface area contributed by atoms with Gasteiger partial charge in [-0.05, 0) is 19.1 Å². The van der Waals surface area contributed by atoms with Crippen molar-refractivity contribution in [2.45, 2.75) is 6.92 Å². The molecule has 1 aromatic carbocycles. The van der Waals surface area contributed by atoms with Gasteiger partial charge in [-0.15, -0.1) is 0 Å². The summed E-state index contributed by atoms with van der Waals surface area (Å²) in [5.74, 6) is -0.0406. The minimum atomic E-state index is -0.328. The lowest BCUT2D eigenvalue weighted by Gasteiger charge is -2.01. The second kappa shape index (κ2) is 3.06. The van der Waals surface area contributed by atoms with Gasteiger partial charge in [-0.25, -0.2) is 9.36 Å². The number of benzene rings is 1. The van der Waals surface area contributed by atoms with Crippen LogP contribution in [0.25, 0.3) is 5.69 Å². The molecule has 0 saturated heterocycles. The summed E-state index contributed by atoms with van der Waals surface area (Å²) in [6, 6.07) is 8.99. The molecule has 4 nitrogen and oxygen atoms in total. The van der Waals surface area contributed by atoms with Gasteiger partial charge in [-0.3, -0.25) is 0 Å². The number of H-pyrrole nitrogens is 1. The van der Waals surface area contributed by atoms with Crippen LogP contribution in [0.1, 0.15) is 5.69 Å². The van der Waals surface area contributed by atoms with Gasteiger partial charge in [0.1, 0.15) is 0 Å². The van der Waals surface area contributed by atoms with E-state index in [4.69, 9.17) is 0 Å². The Bertz CT molecular complexity index is 497. The van der Waals surface area contributed by atoms with Gasteiger partial charge in [-0.1, -0.05) is 18.2 Å². The molecule has 0 bridgehead atoms. The number of hydrogen-bond donors (Lipinski definition) is 2. The number of para-hydroxylation sites is 1. The topological polar surface area (TPSA) is 58.0 Å². The normalized spacial score (nSPS) is 10.4. The number of nitrogens with one attached hydrogen (secondary N) is 1. The monoisotopic (exact) mass is 190 g/mol. The lowest BCUT2D eigenvalue weighted by molar-refractivity contribution is 0.437. The Kier molecular flexibility index (Phi) is 1.89. The molecule has 2 N–H and O–H groups in total. The van der Waals surface area contributed by atoms with Crippen molar-refractivity contribution >= 4 is 0 Å². The number of aryl methyl sites for hydroxylation is 1. The summed E-state index contributed by atoms with van der Waals surface area (Å²) in [6.45, 7) is 1.65. The van der Waals surface area contributed by atoms with Crippen molar-refractivity contribution in [1.82, 2.24) is 9.55 Å². The molecule has 0 atom stereocenters. The zero-order chi connectivity index (χ0) is 10.1. The van der Waals surface area contributed by atoms with Crippen LogP contribution in [0.5, 0.6) is 5.88 Å². The summed E-state index contributed by atoms with van der Waals surface area (Å²) >= 11 is 0. The maximum Gasteiger partial charge on any atom is 0.333 e. The van der Waals surface area contributed by atoms with Gasteiger partial charge in [0.05, 0.1) is 11.4 Å². The van der Waals surface area contributed by atoms with Crippen molar-refractivity contribution in [2.24, 2.45) is 0 Å². The highest BCUT2D eigenvalue weighted by atomic mass is 16.3. The van der Waals surface area contributed by atoms with E-state index in [1.807, 2.05) is 18.2 Å². The third kappa shape index (κ3) is 1.21. The van der Waals surface area contributed by atoms with Crippen molar-refractivity contribution in [3.63, 3.8) is 0 Å². The molecule has 0 spiro atoms. The van der Waals surface area contributed by atoms with Crippen LogP contribution in [-0.2, 0) is 0 Å². The number of aromatic hydroxyl groups is 1. The van der Waals surface area contributed by atoms with Gasteiger partial charge >= 0.3 is 5.69 Å². The standard InChI is InChI=1S/C10H10N2O2/c1-7-9(13)12(10(14)11-7)8-5-3-2-4-6-8/h2-6,13H,1H3,(H,11,14). The number of aromatic nitrogens is 2. The molecule has 72 valence electrons. The SMILES string of the molecule is Cc1[nH]c(=O)n(-c2ccccc2)c1O. The molecule has 1 aromatic heterocycles. The van der Waals surface area contributed by atoms with Gasteiger partial charge < -0.3 is 10.1 Å². The van der Waals surface area contributed by atoms with E-state index in [-0.39, 0.29) is 11.6 Å². The molecule has 0 unspecified atom stereocenters. The summed E-state index contributed by atoms with van der Waals surface area (Å²) in [6.07, 6.45) is 0. The number of aromatic amines is 1. The summed E-state index contributed by atoms with van der Waals surface area (Å²) in [5.41, 5.74) is 0.796. The fourth-order valence-corrected chi connectivity index (χ4v) is 1.35. The first-order chi connectivity index (χ1) is 6.70. The van der Waals surface area contributed by atoms with Crippen molar-refractivity contribution in [2.75, 3.05) is 0 Å². The Morgan fingerprint density at radius 1 is 1.29 bits per heavy atom. The van der Waals surface area contributed by atoms with Crippen molar-refractivity contribution in [1.29, 1.82) is 0 Å². The van der Waals surface area contributed by atoms with E-state index in [0.29, 0.717) is 11.4 Å². The zero-order valence-corrected chi connectivity index (χ0v) is 7.69. The lowest BCUT2D eigenvalue weighted by atomic mass is 10.3. The third-order valence-corrected chi connectivity index (χ3v) is 2.06. The molecule has 2 rings (SSSR count). The van der Waals surface area contributed by atoms with E-state index < -0.39 is 0 Å². The molecule has 0 aliphatic carbocycles. The Hall–Kier alpha value is -1.97. The highest BCUT2D eigenvalue weighted by Gasteiger charge is 2.09. The van der Waals surface area contributed by atoms with Crippen LogP contribution in [0.2, 0.25) is 0 Å². The van der Waals surface area contributed by atoms with Crippen molar-refractivity contribution in [3.8, 4) is 11.6 Å². The van der Waals surface area contributed by atoms with E-state index in [2.05, 4.69) is 4.98 Å². The van der Waals surface area contributed by atoms with Gasteiger partial charge in [0, 0.05) is 0 Å². The van der Waals surface area contributed by atoms with Crippen molar-refractivity contribution < 1.29 is 5.11 Å². The quantitative estimate of drug-likeness (QED) is 0.709. The molecule has 2 aromatic rings. The molecule has 14 heavy (non-hydrogen) atoms. The highest BCUT2D eigenvalue weighted by Crippen LogP contribution is 2.16. The van der Waals surface area contributed by atoms with E-state index in [9.17, 15) is 9.90 Å². The molecule has 0 saturated carbocycles. The molecular weight excluding hydrogens is 180 g/mol. The second-order valence-electron chi connectivity index (χ2n) is 3.05. The van der Waals surface area contributed by atoms with Crippen LogP contribution in [-0.4, -0.2) is 14.7 Å². The Morgan fingerprint density at radius 2 is 1.93 bits per heavy atom. The summed E-state index contributed by atoms with van der Waals surface area (Å²) in [7, 11) is 0. The maximum atomic E-state index is 11.4. The van der Waals surface area contributed by atoms with Crippen LogP contribution in [0.3, 0.4) is 0 Å². The van der Waals surface area contributed by atoms with Crippen molar-refractivity contribution in [3.05, 3.63) is 46.5 Å². The molecule has 1 heterocycles. The first kappa shape index (κ1) is 8.62. The Labute approximate surface area is 80.4 Å². The minimum Gasteiger partial charge on any atom is -0.493 e. The molecule has 4 heteroatoms. The summed E-state index contributed by atoms with van der Waals surface area (Å²) in [4.78, 5) is 13.9. The summed E-state index contributed by atoms with van der Waals surface area (Å²) in [5, 5.41) is 9.60. The zero-order valence-electron chi connectivity index (χ0n) is 7.69. The molecular formula is C10H10N2O2. The van der Waals surface area contributed by atoms with Crippen LogP contribution < -0.4 is 5.69 Å². The van der Waals surface area contributed by atoms with Gasteiger partial charge in [0.15, 0.2) is 0 Å². The van der Waals surface area contributed by atoms with E-state index >= 15 is 0 Å². The van der Waals surface area contributed by atoms with Crippen LogP contribution in [0, 0.1) is 6.92 Å². The second-order valence-corrected chi connectivity index (χ2v) is 3.05. The fourth-order valence-electron chi connectivity index (χ4n) is 1.35. The van der Waals surface area contributed by atoms with Gasteiger partial charge in [0.25, 0.3) is 0 Å². The molecule has 0 aliphatic rings. The first-order valence-corrected chi connectivity index (χ1v) is 4.26. The lowest BCUT2D eigenvalue weighted by Crippen LogP contribution is -2.14. The largest absolute Gasteiger partial charge is 0.493 e. The average Bonchev–Trinajstić information content (AvgIpc) is 2.43. The first-order valence-electron chi connectivity index (χ1n) is 4.26. The highest BCUT2D eigenvalue weighted by molar-refractivity contribution is 5.36. The smallest absolute Gasteiger partial charge is 0.333 e. The molecule has 0 fully saturated rings. The maximum absolute atomic E-state index is 11.4. The third-order valence-electron chi connectivity index (χ3n) is 2.06. The number of nitrogens with zero attached hydrogens (tertiary/aromatic N) is 1. The number of rotatable bonds is 1. The van der Waals surface area contributed by atoms with E-state index in [1.54, 1.807) is 19.1 Å². The molecule has 0 radical (unpaired) electrons. The van der Waals surface area contributed by atoms with E-state index in [1.165, 1.54) is 4.57 Å². The van der Waals surface area contributed by atoms with Gasteiger partial charge in [0.2, 0.25) is 5.88 Å². The van der Waals surface area contributed by atoms with Crippen LogP contribution >= 0.6 is 0 Å². The predicted molar refractivity (Wildman–Crippen MR) is 52.8 cm³/mol. The van der Waals surface area contributed by atoms with Crippen LogP contribution in [0.15, 0.2) is 35.1 Å². The molecule has 0 aliphatic heterocycles. The Balaban J connectivity index is 2.69. The average molecular weight is 190 g/mol. The fraction of sp³-hybridized carbons (Fsp3) is 0.100. The number of imidazole rings is 1. The Morgan fingerprint density at radius 3 is 2.43 bits per heavy atom. The summed E-state index contributed by atoms with van der Waals surface area (Å²) < 4.78 is 1.23. The van der Waals surface area contributed by atoms with Gasteiger partial charge in [-0.2, -0.15) is 0 Å². The molecule has 0 amide bonds. The minimum absolute atomic E-state index is 0.0406. The number of hydrogen-bond acceptors (Lipinski definition) is 2. The predicted octanol–water partition coefficient (Wildman–Crippen LogP) is 1.18.